The van der Waals surface area contributed by atoms with Crippen LogP contribution in [0.25, 0.3) is 12.2 Å². The molecule has 1 aromatic heterocycles. The number of para-hydroxylation sites is 1. The molecule has 0 radical (unpaired) electrons. The third kappa shape index (κ3) is 5.10. The number of carboxylic acids is 1. The molecule has 2 aromatic rings. The van der Waals surface area contributed by atoms with E-state index in [4.69, 9.17) is 26.8 Å². The van der Waals surface area contributed by atoms with Gasteiger partial charge >= 0.3 is 5.97 Å². The number of carbonyl (C=O) groups is 1. The maximum Gasteiger partial charge on any atom is 0.341 e. The Morgan fingerprint density at radius 2 is 2.21 bits per heavy atom. The van der Waals surface area contributed by atoms with Gasteiger partial charge in [0.25, 0.3) is 5.56 Å². The van der Waals surface area contributed by atoms with Gasteiger partial charge in [0.2, 0.25) is 0 Å². The van der Waals surface area contributed by atoms with Crippen molar-refractivity contribution in [2.75, 3.05) is 19.7 Å². The van der Waals surface area contributed by atoms with Crippen molar-refractivity contribution in [3.63, 3.8) is 0 Å². The summed E-state index contributed by atoms with van der Waals surface area (Å²) >= 11 is 4.95. The predicted molar refractivity (Wildman–Crippen MR) is 107 cm³/mol. The van der Waals surface area contributed by atoms with Gasteiger partial charge in [-0.25, -0.2) is 4.79 Å². The molecule has 1 atom stereocenters. The Labute approximate surface area is 170 Å². The zero-order chi connectivity index (χ0) is 20.8. The summed E-state index contributed by atoms with van der Waals surface area (Å²) in [5.41, 5.74) is 0.0475. The average molecular weight is 414 g/mol. The van der Waals surface area contributed by atoms with Gasteiger partial charge in [-0.2, -0.15) is 5.26 Å². The number of hydrogen-bond donors (Lipinski definition) is 4. The molecule has 2 heterocycles. The fourth-order valence-corrected chi connectivity index (χ4v) is 3.07. The normalized spacial score (nSPS) is 15.9. The monoisotopic (exact) mass is 414 g/mol. The maximum absolute atomic E-state index is 11.9. The van der Waals surface area contributed by atoms with Gasteiger partial charge < -0.3 is 24.9 Å². The van der Waals surface area contributed by atoms with Crippen LogP contribution in [0.4, 0.5) is 0 Å². The van der Waals surface area contributed by atoms with E-state index < -0.39 is 18.1 Å². The van der Waals surface area contributed by atoms with Crippen molar-refractivity contribution in [2.45, 2.75) is 12.5 Å². The van der Waals surface area contributed by atoms with Crippen LogP contribution >= 0.6 is 12.2 Å². The molecular formula is C19H18N4O5S. The molecule has 1 aliphatic heterocycles. The highest BCUT2D eigenvalue weighted by Gasteiger charge is 2.19. The lowest BCUT2D eigenvalue weighted by molar-refractivity contribution is -0.139. The quantitative estimate of drug-likeness (QED) is 0.502. The third-order valence-electron chi connectivity index (χ3n) is 4.17. The Morgan fingerprint density at radius 1 is 1.38 bits per heavy atom. The molecule has 0 amide bonds. The van der Waals surface area contributed by atoms with Crippen LogP contribution in [0.1, 0.15) is 23.2 Å². The molecule has 0 saturated carbocycles. The molecule has 1 unspecified atom stereocenters. The molecule has 1 aliphatic rings. The fraction of sp³-hybridized carbons (Fsp3) is 0.263. The largest absolute Gasteiger partial charge is 0.485 e. The van der Waals surface area contributed by atoms with Gasteiger partial charge in [0.05, 0.1) is 5.69 Å². The number of H-pyrrole nitrogens is 2. The Balaban J connectivity index is 1.98. The van der Waals surface area contributed by atoms with Crippen LogP contribution in [0.2, 0.25) is 0 Å². The predicted octanol–water partition coefficient (Wildman–Crippen LogP) is 1.68. The molecule has 1 fully saturated rings. The SMILES string of the molecule is N#Cc1c(/C=C/c2cccc(OC3CCNC3)c2OCC(=O)O)[nH]c(=S)[nH]c1=O. The molecule has 0 bridgehead atoms. The number of aliphatic carboxylic acids is 1. The van der Waals surface area contributed by atoms with Gasteiger partial charge in [-0.3, -0.25) is 9.78 Å². The number of carboxylic acid groups (broad SMARTS) is 1. The standard InChI is InChI=1S/C19H18N4O5S/c20-8-13-14(22-19(29)23-18(13)26)5-4-11-2-1-3-15(17(11)27-10-16(24)25)28-12-6-7-21-9-12/h1-5,12,21H,6-7,9-10H2,(H,24,25)(H2,22,23,26,29)/b5-4+. The van der Waals surface area contributed by atoms with Gasteiger partial charge in [-0.1, -0.05) is 12.1 Å². The van der Waals surface area contributed by atoms with E-state index in [1.165, 1.54) is 6.08 Å². The van der Waals surface area contributed by atoms with Crippen molar-refractivity contribution >= 4 is 30.3 Å². The lowest BCUT2D eigenvalue weighted by atomic mass is 10.1. The van der Waals surface area contributed by atoms with E-state index in [2.05, 4.69) is 15.3 Å². The van der Waals surface area contributed by atoms with Gasteiger partial charge in [0.15, 0.2) is 22.9 Å². The van der Waals surface area contributed by atoms with Crippen molar-refractivity contribution in [3.05, 3.63) is 50.1 Å². The van der Waals surface area contributed by atoms with Gasteiger partial charge in [0.1, 0.15) is 17.7 Å². The van der Waals surface area contributed by atoms with Crippen molar-refractivity contribution < 1.29 is 19.4 Å². The highest BCUT2D eigenvalue weighted by atomic mass is 32.1. The zero-order valence-corrected chi connectivity index (χ0v) is 16.0. The van der Waals surface area contributed by atoms with Gasteiger partial charge in [-0.15, -0.1) is 0 Å². The number of aromatic nitrogens is 2. The number of aromatic amines is 2. The number of nitriles is 1. The second-order valence-corrected chi connectivity index (χ2v) is 6.64. The van der Waals surface area contributed by atoms with Crippen LogP contribution in [0, 0.1) is 16.1 Å². The molecular weight excluding hydrogens is 396 g/mol. The minimum atomic E-state index is -1.12. The molecule has 9 nitrogen and oxygen atoms in total. The van der Waals surface area contributed by atoms with Crippen LogP contribution in [-0.2, 0) is 4.79 Å². The minimum absolute atomic E-state index is 0.0459. The Hall–Kier alpha value is -3.42. The first-order valence-corrected chi connectivity index (χ1v) is 9.18. The van der Waals surface area contributed by atoms with Crippen LogP contribution < -0.4 is 20.3 Å². The Bertz CT molecular complexity index is 1090. The summed E-state index contributed by atoms with van der Waals surface area (Å²) in [6.45, 7) is 0.989. The Kier molecular flexibility index (Phi) is 6.43. The van der Waals surface area contributed by atoms with E-state index in [0.29, 0.717) is 17.9 Å². The van der Waals surface area contributed by atoms with E-state index in [-0.39, 0.29) is 27.9 Å². The van der Waals surface area contributed by atoms with Crippen molar-refractivity contribution in [3.8, 4) is 17.6 Å². The molecule has 1 aromatic carbocycles. The van der Waals surface area contributed by atoms with Crippen molar-refractivity contribution in [1.29, 1.82) is 5.26 Å². The van der Waals surface area contributed by atoms with Gasteiger partial charge in [0, 0.05) is 12.1 Å². The summed E-state index contributed by atoms with van der Waals surface area (Å²) in [7, 11) is 0. The zero-order valence-electron chi connectivity index (χ0n) is 15.2. The van der Waals surface area contributed by atoms with E-state index >= 15 is 0 Å². The fourth-order valence-electron chi connectivity index (χ4n) is 2.87. The molecule has 0 aliphatic carbocycles. The summed E-state index contributed by atoms with van der Waals surface area (Å²) < 4.78 is 11.5. The van der Waals surface area contributed by atoms with E-state index in [9.17, 15) is 14.9 Å². The molecule has 0 spiro atoms. The first-order valence-electron chi connectivity index (χ1n) is 8.77. The lowest BCUT2D eigenvalue weighted by Crippen LogP contribution is -2.20. The minimum Gasteiger partial charge on any atom is -0.485 e. The number of benzene rings is 1. The van der Waals surface area contributed by atoms with E-state index in [1.54, 1.807) is 24.3 Å². The average Bonchev–Trinajstić information content (AvgIpc) is 3.18. The highest BCUT2D eigenvalue weighted by Crippen LogP contribution is 2.34. The third-order valence-corrected chi connectivity index (χ3v) is 4.38. The number of nitrogens with zero attached hydrogens (tertiary/aromatic N) is 1. The van der Waals surface area contributed by atoms with Crippen LogP contribution in [0.15, 0.2) is 23.0 Å². The van der Waals surface area contributed by atoms with E-state index in [1.807, 2.05) is 6.07 Å². The molecule has 3 rings (SSSR count). The summed E-state index contributed by atoms with van der Waals surface area (Å²) in [4.78, 5) is 28.0. The second-order valence-electron chi connectivity index (χ2n) is 6.23. The molecule has 4 N–H and O–H groups in total. The van der Waals surface area contributed by atoms with Gasteiger partial charge in [-0.05, 0) is 43.4 Å². The summed E-state index contributed by atoms with van der Waals surface area (Å²) in [6, 6.07) is 6.99. The Morgan fingerprint density at radius 3 is 2.90 bits per heavy atom. The maximum atomic E-state index is 11.9. The molecule has 150 valence electrons. The number of nitrogens with one attached hydrogen (secondary N) is 3. The second kappa shape index (κ2) is 9.18. The van der Waals surface area contributed by atoms with Crippen LogP contribution in [0.5, 0.6) is 11.5 Å². The van der Waals surface area contributed by atoms with Crippen LogP contribution in [0.3, 0.4) is 0 Å². The van der Waals surface area contributed by atoms with E-state index in [0.717, 1.165) is 13.0 Å². The number of rotatable bonds is 7. The summed E-state index contributed by atoms with van der Waals surface area (Å²) in [6.07, 6.45) is 3.88. The summed E-state index contributed by atoms with van der Waals surface area (Å²) in [5.74, 6) is -0.441. The van der Waals surface area contributed by atoms with Crippen LogP contribution in [-0.4, -0.2) is 46.8 Å². The molecule has 29 heavy (non-hydrogen) atoms. The first kappa shape index (κ1) is 20.3. The molecule has 10 heteroatoms. The molecule has 1 saturated heterocycles. The highest BCUT2D eigenvalue weighted by molar-refractivity contribution is 7.71. The lowest BCUT2D eigenvalue weighted by Gasteiger charge is -2.17. The van der Waals surface area contributed by atoms with Crippen molar-refractivity contribution in [2.24, 2.45) is 0 Å². The number of hydrogen-bond acceptors (Lipinski definition) is 7. The van der Waals surface area contributed by atoms with Crippen molar-refractivity contribution in [1.82, 2.24) is 15.3 Å². The number of ether oxygens (including phenoxy) is 2. The smallest absolute Gasteiger partial charge is 0.341 e. The topological polar surface area (TPSA) is 140 Å². The first-order chi connectivity index (χ1) is 14.0. The summed E-state index contributed by atoms with van der Waals surface area (Å²) in [5, 5.41) is 21.4.